The van der Waals surface area contributed by atoms with Crippen LogP contribution in [-0.2, 0) is 10.2 Å². The van der Waals surface area contributed by atoms with Crippen molar-refractivity contribution in [1.29, 1.82) is 0 Å². The van der Waals surface area contributed by atoms with Crippen LogP contribution < -0.4 is 5.32 Å². The minimum atomic E-state index is 0.0235. The van der Waals surface area contributed by atoms with Crippen LogP contribution in [0.1, 0.15) is 64.5 Å². The monoisotopic (exact) mass is 460 g/mol. The summed E-state index contributed by atoms with van der Waals surface area (Å²) < 4.78 is 0. The van der Waals surface area contributed by atoms with Gasteiger partial charge < -0.3 is 15.1 Å². The highest BCUT2D eigenvalue weighted by molar-refractivity contribution is 8.01. The van der Waals surface area contributed by atoms with Crippen molar-refractivity contribution in [3.8, 4) is 0 Å². The second kappa shape index (κ2) is 10.5. The third kappa shape index (κ3) is 5.98. The molecule has 2 saturated heterocycles. The summed E-state index contributed by atoms with van der Waals surface area (Å²) in [5.41, 5.74) is 2.65. The van der Waals surface area contributed by atoms with E-state index in [-0.39, 0.29) is 34.0 Å². The number of rotatable bonds is 6. The van der Waals surface area contributed by atoms with Crippen molar-refractivity contribution in [2.24, 2.45) is 0 Å². The van der Waals surface area contributed by atoms with Crippen molar-refractivity contribution in [1.82, 2.24) is 20.0 Å². The number of benzene rings is 1. The topological polar surface area (TPSA) is 55.9 Å². The van der Waals surface area contributed by atoms with E-state index in [1.807, 2.05) is 18.7 Å². The molecule has 1 N–H and O–H groups in total. The molecule has 2 aliphatic heterocycles. The summed E-state index contributed by atoms with van der Waals surface area (Å²) in [4.78, 5) is 31.6. The first-order valence-electron chi connectivity index (χ1n) is 11.9. The Morgan fingerprint density at radius 2 is 1.72 bits per heavy atom. The van der Waals surface area contributed by atoms with Crippen LogP contribution in [0.3, 0.4) is 0 Å². The number of thioether (sulfide) groups is 1. The van der Waals surface area contributed by atoms with Crippen molar-refractivity contribution >= 4 is 23.7 Å². The average Bonchev–Trinajstić information content (AvgIpc) is 3.07. The van der Waals surface area contributed by atoms with Crippen molar-refractivity contribution in [3.05, 3.63) is 35.4 Å². The van der Waals surface area contributed by atoms with E-state index in [0.29, 0.717) is 0 Å². The fourth-order valence-electron chi connectivity index (χ4n) is 4.25. The lowest BCUT2D eigenvalue weighted by molar-refractivity contribution is -0.130. The average molecular weight is 461 g/mol. The molecule has 2 atom stereocenters. The van der Waals surface area contributed by atoms with Gasteiger partial charge in [-0.1, -0.05) is 52.0 Å². The molecule has 2 heterocycles. The standard InChI is InChI=1S/C25H40N4O2S/c1-7-21-22(30)29(23(32-21)19-8-10-20(11-9-19)25(4,5)6)17-14-27-12-15-28(16-13-27)24(31)26-18(2)3/h8-11,18,21,23H,7,12-17H2,1-6H3,(H,26,31)/t21-,23-/m1/s1. The van der Waals surface area contributed by atoms with Crippen LogP contribution in [0, 0.1) is 0 Å². The molecule has 32 heavy (non-hydrogen) atoms. The quantitative estimate of drug-likeness (QED) is 0.695. The van der Waals surface area contributed by atoms with Crippen LogP contribution in [0.15, 0.2) is 24.3 Å². The molecular weight excluding hydrogens is 420 g/mol. The summed E-state index contributed by atoms with van der Waals surface area (Å²) in [7, 11) is 0. The van der Waals surface area contributed by atoms with E-state index in [4.69, 9.17) is 0 Å². The lowest BCUT2D eigenvalue weighted by atomic mass is 9.86. The number of urea groups is 1. The molecule has 6 nitrogen and oxygen atoms in total. The first kappa shape index (κ1) is 24.9. The number of nitrogens with one attached hydrogen (secondary N) is 1. The molecule has 2 aliphatic rings. The largest absolute Gasteiger partial charge is 0.336 e. The van der Waals surface area contributed by atoms with E-state index in [1.165, 1.54) is 11.1 Å². The molecule has 178 valence electrons. The Morgan fingerprint density at radius 3 is 2.25 bits per heavy atom. The smallest absolute Gasteiger partial charge is 0.317 e. The Morgan fingerprint density at radius 1 is 1.09 bits per heavy atom. The molecule has 0 aromatic heterocycles. The van der Waals surface area contributed by atoms with E-state index >= 15 is 0 Å². The third-order valence-corrected chi connectivity index (χ3v) is 7.94. The van der Waals surface area contributed by atoms with E-state index in [2.05, 4.69) is 67.1 Å². The minimum absolute atomic E-state index is 0.0235. The SMILES string of the molecule is CC[C@H]1S[C@H](c2ccc(C(C)(C)C)cc2)N(CCN2CCN(C(=O)NC(C)C)CC2)C1=O. The maximum Gasteiger partial charge on any atom is 0.317 e. The van der Waals surface area contributed by atoms with Gasteiger partial charge in [0.25, 0.3) is 0 Å². The number of amides is 3. The summed E-state index contributed by atoms with van der Waals surface area (Å²) in [5.74, 6) is 0.261. The molecular formula is C25H40N4O2S. The zero-order chi connectivity index (χ0) is 23.5. The van der Waals surface area contributed by atoms with E-state index in [0.717, 1.165) is 45.7 Å². The Labute approximate surface area is 198 Å². The molecule has 0 spiro atoms. The third-order valence-electron chi connectivity index (χ3n) is 6.30. The van der Waals surface area contributed by atoms with Gasteiger partial charge >= 0.3 is 6.03 Å². The van der Waals surface area contributed by atoms with Gasteiger partial charge in [0.2, 0.25) is 5.91 Å². The number of nitrogens with zero attached hydrogens (tertiary/aromatic N) is 3. The number of carbonyl (C=O) groups excluding carboxylic acids is 2. The van der Waals surface area contributed by atoms with Crippen LogP contribution in [0.5, 0.6) is 0 Å². The first-order chi connectivity index (χ1) is 15.1. The molecule has 2 fully saturated rings. The number of carbonyl (C=O) groups is 2. The lowest BCUT2D eigenvalue weighted by Crippen LogP contribution is -2.53. The maximum absolute atomic E-state index is 13.1. The van der Waals surface area contributed by atoms with Crippen molar-refractivity contribution in [3.63, 3.8) is 0 Å². The molecule has 1 aromatic rings. The molecule has 0 unspecified atom stereocenters. The predicted octanol–water partition coefficient (Wildman–Crippen LogP) is 4.07. The summed E-state index contributed by atoms with van der Waals surface area (Å²) in [6.45, 7) is 17.5. The Kier molecular flexibility index (Phi) is 8.15. The second-order valence-corrected chi connectivity index (χ2v) is 11.5. The normalized spacial score (nSPS) is 22.7. The van der Waals surface area contributed by atoms with Crippen molar-refractivity contribution in [2.45, 2.75) is 70.0 Å². The molecule has 0 saturated carbocycles. The summed E-state index contributed by atoms with van der Waals surface area (Å²) in [6.07, 6.45) is 0.861. The van der Waals surface area contributed by atoms with Gasteiger partial charge in [-0.3, -0.25) is 9.69 Å². The van der Waals surface area contributed by atoms with Crippen LogP contribution in [0.2, 0.25) is 0 Å². The van der Waals surface area contributed by atoms with Crippen LogP contribution in [0.4, 0.5) is 4.79 Å². The van der Waals surface area contributed by atoms with Crippen LogP contribution >= 0.6 is 11.8 Å². The van der Waals surface area contributed by atoms with E-state index in [9.17, 15) is 9.59 Å². The maximum atomic E-state index is 13.1. The van der Waals surface area contributed by atoms with Crippen LogP contribution in [0.25, 0.3) is 0 Å². The van der Waals surface area contributed by atoms with Gasteiger partial charge in [-0.05, 0) is 36.8 Å². The minimum Gasteiger partial charge on any atom is -0.336 e. The van der Waals surface area contributed by atoms with Crippen molar-refractivity contribution in [2.75, 3.05) is 39.3 Å². The van der Waals surface area contributed by atoms with Gasteiger partial charge in [0.1, 0.15) is 5.37 Å². The van der Waals surface area contributed by atoms with E-state index < -0.39 is 0 Å². The summed E-state index contributed by atoms with van der Waals surface area (Å²) in [6, 6.07) is 8.99. The van der Waals surface area contributed by atoms with E-state index in [1.54, 1.807) is 11.8 Å². The Balaban J connectivity index is 1.60. The Hall–Kier alpha value is -1.73. The molecule has 1 aromatic carbocycles. The van der Waals surface area contributed by atoms with Gasteiger partial charge in [0.05, 0.1) is 5.25 Å². The fourth-order valence-corrected chi connectivity index (χ4v) is 5.68. The van der Waals surface area contributed by atoms with Gasteiger partial charge in [0, 0.05) is 45.3 Å². The van der Waals surface area contributed by atoms with Gasteiger partial charge in [0.15, 0.2) is 0 Å². The number of piperazine rings is 1. The number of hydrogen-bond donors (Lipinski definition) is 1. The zero-order valence-corrected chi connectivity index (χ0v) is 21.4. The first-order valence-corrected chi connectivity index (χ1v) is 12.9. The van der Waals surface area contributed by atoms with Gasteiger partial charge in [-0.25, -0.2) is 4.79 Å². The Bertz CT molecular complexity index is 782. The predicted molar refractivity (Wildman–Crippen MR) is 133 cm³/mol. The molecule has 3 rings (SSSR count). The molecule has 0 radical (unpaired) electrons. The summed E-state index contributed by atoms with van der Waals surface area (Å²) >= 11 is 1.79. The highest BCUT2D eigenvalue weighted by Gasteiger charge is 2.40. The fraction of sp³-hybridized carbons (Fsp3) is 0.680. The second-order valence-electron chi connectivity index (χ2n) is 10.2. The summed E-state index contributed by atoms with van der Waals surface area (Å²) in [5, 5.41) is 3.09. The molecule has 7 heteroatoms. The molecule has 3 amide bonds. The highest BCUT2D eigenvalue weighted by atomic mass is 32.2. The molecule has 0 aliphatic carbocycles. The lowest BCUT2D eigenvalue weighted by Gasteiger charge is -2.36. The van der Waals surface area contributed by atoms with Gasteiger partial charge in [-0.15, -0.1) is 11.8 Å². The van der Waals surface area contributed by atoms with Crippen LogP contribution in [-0.4, -0.2) is 77.2 Å². The zero-order valence-electron chi connectivity index (χ0n) is 20.6. The van der Waals surface area contributed by atoms with Crippen molar-refractivity contribution < 1.29 is 9.59 Å². The number of hydrogen-bond acceptors (Lipinski definition) is 4. The highest BCUT2D eigenvalue weighted by Crippen LogP contribution is 2.44. The molecule has 0 bridgehead atoms. The van der Waals surface area contributed by atoms with Gasteiger partial charge in [-0.2, -0.15) is 0 Å².